The van der Waals surface area contributed by atoms with Gasteiger partial charge in [0.05, 0.1) is 0 Å². The van der Waals surface area contributed by atoms with Gasteiger partial charge in [0.1, 0.15) is 0 Å². The molecule has 3 aromatic rings. The van der Waals surface area contributed by atoms with Gasteiger partial charge in [-0.3, -0.25) is 0 Å². The second-order valence-electron chi connectivity index (χ2n) is 6.64. The van der Waals surface area contributed by atoms with Crippen molar-refractivity contribution < 1.29 is 0 Å². The summed E-state index contributed by atoms with van der Waals surface area (Å²) in [5.74, 6) is 0. The highest BCUT2D eigenvalue weighted by molar-refractivity contribution is 6.67. The third kappa shape index (κ3) is 3.26. The minimum atomic E-state index is 0.335. The van der Waals surface area contributed by atoms with Crippen LogP contribution in [0.15, 0.2) is 66.7 Å². The third-order valence-corrected chi connectivity index (χ3v) is 4.87. The van der Waals surface area contributed by atoms with Gasteiger partial charge >= 0.3 is 6.98 Å². The fourth-order valence-electron chi connectivity index (χ4n) is 3.64. The number of unbranched alkanes of at least 4 members (excludes halogenated alkanes) is 2. The van der Waals surface area contributed by atoms with Gasteiger partial charge in [-0.1, -0.05) is 67.4 Å². The van der Waals surface area contributed by atoms with Gasteiger partial charge in [0, 0.05) is 16.8 Å². The lowest BCUT2D eigenvalue weighted by atomic mass is 9.68. The Morgan fingerprint density at radius 2 is 1.38 bits per heavy atom. The standard InChI is InChI=1S/C21H23BN2/c1-3-9-17(10-4-1)11-5-2-6-16-22-23-19-14-7-12-18-13-8-15-20(24-22)21(18)19/h1,3-4,7-10,12-15,23-24H,2,5-6,11,16H2. The van der Waals surface area contributed by atoms with E-state index in [1.807, 2.05) is 0 Å². The predicted molar refractivity (Wildman–Crippen MR) is 106 cm³/mol. The summed E-state index contributed by atoms with van der Waals surface area (Å²) in [6.07, 6.45) is 6.13. The maximum atomic E-state index is 3.66. The molecule has 0 aliphatic carbocycles. The fourth-order valence-corrected chi connectivity index (χ4v) is 3.64. The van der Waals surface area contributed by atoms with Gasteiger partial charge in [-0.05, 0) is 42.2 Å². The molecule has 0 radical (unpaired) electrons. The largest absolute Gasteiger partial charge is 0.409 e. The summed E-state index contributed by atoms with van der Waals surface area (Å²) in [4.78, 5) is 0. The quantitative estimate of drug-likeness (QED) is 0.458. The molecule has 3 aromatic carbocycles. The first kappa shape index (κ1) is 15.1. The van der Waals surface area contributed by atoms with Gasteiger partial charge in [0.2, 0.25) is 0 Å². The van der Waals surface area contributed by atoms with Crippen molar-refractivity contribution in [3.63, 3.8) is 0 Å². The monoisotopic (exact) mass is 314 g/mol. The first-order chi connectivity index (χ1) is 11.9. The highest BCUT2D eigenvalue weighted by atomic mass is 15.0. The van der Waals surface area contributed by atoms with Crippen LogP contribution in [0, 0.1) is 0 Å². The number of benzene rings is 3. The van der Waals surface area contributed by atoms with Gasteiger partial charge < -0.3 is 10.5 Å². The third-order valence-electron chi connectivity index (χ3n) is 4.87. The second-order valence-corrected chi connectivity index (χ2v) is 6.64. The lowest BCUT2D eigenvalue weighted by Gasteiger charge is -2.26. The Labute approximate surface area is 144 Å². The zero-order valence-corrected chi connectivity index (χ0v) is 14.0. The van der Waals surface area contributed by atoms with Gasteiger partial charge in [0.15, 0.2) is 0 Å². The minimum Gasteiger partial charge on any atom is -0.409 e. The van der Waals surface area contributed by atoms with Crippen molar-refractivity contribution in [2.45, 2.75) is 32.0 Å². The van der Waals surface area contributed by atoms with Crippen molar-refractivity contribution in [1.29, 1.82) is 0 Å². The van der Waals surface area contributed by atoms with Crippen LogP contribution in [0.5, 0.6) is 0 Å². The molecule has 0 bridgehead atoms. The molecule has 0 spiro atoms. The maximum absolute atomic E-state index is 3.66. The van der Waals surface area contributed by atoms with Crippen molar-refractivity contribution in [2.75, 3.05) is 10.5 Å². The summed E-state index contributed by atoms with van der Waals surface area (Å²) < 4.78 is 0. The Morgan fingerprint density at radius 3 is 2.08 bits per heavy atom. The molecule has 24 heavy (non-hydrogen) atoms. The van der Waals surface area contributed by atoms with Gasteiger partial charge in [0.25, 0.3) is 0 Å². The zero-order chi connectivity index (χ0) is 16.2. The normalized spacial score (nSPS) is 12.8. The molecule has 0 fully saturated rings. The van der Waals surface area contributed by atoms with Crippen LogP contribution >= 0.6 is 0 Å². The molecule has 1 aliphatic rings. The van der Waals surface area contributed by atoms with E-state index in [0.717, 1.165) is 6.32 Å². The molecule has 2 nitrogen and oxygen atoms in total. The maximum Gasteiger partial charge on any atom is 0.370 e. The van der Waals surface area contributed by atoms with E-state index < -0.39 is 0 Å². The Balaban J connectivity index is 1.30. The molecule has 2 N–H and O–H groups in total. The Kier molecular flexibility index (Phi) is 4.41. The first-order valence-corrected chi connectivity index (χ1v) is 8.99. The van der Waals surface area contributed by atoms with Crippen LogP contribution in [0.4, 0.5) is 11.4 Å². The van der Waals surface area contributed by atoms with Crippen molar-refractivity contribution in [3.05, 3.63) is 72.3 Å². The summed E-state index contributed by atoms with van der Waals surface area (Å²) >= 11 is 0. The number of aryl methyl sites for hydroxylation is 1. The second kappa shape index (κ2) is 7.00. The SMILES string of the molecule is c1ccc(CCCCCB2Nc3cccc4cccc(c34)N2)cc1. The van der Waals surface area contributed by atoms with Crippen LogP contribution in [0.1, 0.15) is 24.8 Å². The van der Waals surface area contributed by atoms with E-state index >= 15 is 0 Å². The fraction of sp³-hybridized carbons (Fsp3) is 0.238. The molecule has 0 amide bonds. The van der Waals surface area contributed by atoms with Crippen LogP contribution in [0.3, 0.4) is 0 Å². The number of rotatable bonds is 6. The molecule has 0 aromatic heterocycles. The van der Waals surface area contributed by atoms with Crippen molar-refractivity contribution in [3.8, 4) is 0 Å². The topological polar surface area (TPSA) is 24.1 Å². The van der Waals surface area contributed by atoms with Gasteiger partial charge in [-0.15, -0.1) is 0 Å². The molecule has 0 saturated heterocycles. The van der Waals surface area contributed by atoms with Crippen LogP contribution in [-0.2, 0) is 6.42 Å². The molecular formula is C21H23BN2. The average molecular weight is 314 g/mol. The predicted octanol–water partition coefficient (Wildman–Crippen LogP) is 5.58. The molecule has 1 aliphatic heterocycles. The molecule has 3 heteroatoms. The van der Waals surface area contributed by atoms with Gasteiger partial charge in [-0.25, -0.2) is 0 Å². The van der Waals surface area contributed by atoms with Crippen LogP contribution in [-0.4, -0.2) is 6.98 Å². The average Bonchev–Trinajstić information content (AvgIpc) is 2.63. The minimum absolute atomic E-state index is 0.335. The summed E-state index contributed by atoms with van der Waals surface area (Å²) in [6, 6.07) is 23.8. The van der Waals surface area contributed by atoms with E-state index in [2.05, 4.69) is 77.2 Å². The van der Waals surface area contributed by atoms with E-state index in [-0.39, 0.29) is 0 Å². The lowest BCUT2D eigenvalue weighted by molar-refractivity contribution is 0.714. The molecule has 0 saturated carbocycles. The lowest BCUT2D eigenvalue weighted by Crippen LogP contribution is -2.36. The first-order valence-electron chi connectivity index (χ1n) is 8.99. The number of anilines is 2. The number of nitrogens with one attached hydrogen (secondary N) is 2. The Bertz CT molecular complexity index is 776. The van der Waals surface area contributed by atoms with E-state index in [1.165, 1.54) is 53.4 Å². The molecule has 0 unspecified atom stereocenters. The van der Waals surface area contributed by atoms with E-state index in [9.17, 15) is 0 Å². The van der Waals surface area contributed by atoms with Crippen molar-refractivity contribution >= 4 is 29.1 Å². The van der Waals surface area contributed by atoms with E-state index in [1.54, 1.807) is 0 Å². The van der Waals surface area contributed by atoms with Crippen molar-refractivity contribution in [1.82, 2.24) is 0 Å². The van der Waals surface area contributed by atoms with Crippen LogP contribution in [0.2, 0.25) is 6.32 Å². The summed E-state index contributed by atoms with van der Waals surface area (Å²) in [5.41, 5.74) is 3.97. The van der Waals surface area contributed by atoms with Crippen LogP contribution < -0.4 is 10.5 Å². The van der Waals surface area contributed by atoms with E-state index in [0.29, 0.717) is 6.98 Å². The number of hydrogen-bond donors (Lipinski definition) is 2. The molecule has 120 valence electrons. The summed E-state index contributed by atoms with van der Waals surface area (Å²) in [7, 11) is 0. The number of hydrogen-bond acceptors (Lipinski definition) is 2. The molecular weight excluding hydrogens is 291 g/mol. The Morgan fingerprint density at radius 1 is 0.667 bits per heavy atom. The highest BCUT2D eigenvalue weighted by Crippen LogP contribution is 2.34. The zero-order valence-electron chi connectivity index (χ0n) is 14.0. The Hall–Kier alpha value is -2.42. The van der Waals surface area contributed by atoms with Crippen LogP contribution in [0.25, 0.3) is 10.8 Å². The molecule has 1 heterocycles. The van der Waals surface area contributed by atoms with Gasteiger partial charge in [-0.2, -0.15) is 0 Å². The van der Waals surface area contributed by atoms with E-state index in [4.69, 9.17) is 0 Å². The molecule has 4 rings (SSSR count). The summed E-state index contributed by atoms with van der Waals surface area (Å²) in [5, 5.41) is 9.93. The molecule has 0 atom stereocenters. The highest BCUT2D eigenvalue weighted by Gasteiger charge is 2.22. The van der Waals surface area contributed by atoms with Crippen molar-refractivity contribution in [2.24, 2.45) is 0 Å². The smallest absolute Gasteiger partial charge is 0.370 e. The summed E-state index contributed by atoms with van der Waals surface area (Å²) in [6.45, 7) is 0.335.